The zero-order valence-electron chi connectivity index (χ0n) is 14.4. The lowest BCUT2D eigenvalue weighted by atomic mass is 9.94. The quantitative estimate of drug-likeness (QED) is 0.407. The molecule has 5 nitrogen and oxygen atoms in total. The zero-order chi connectivity index (χ0) is 19.9. The number of fused-ring (bicyclic) bond motifs is 1. The highest BCUT2D eigenvalue weighted by Crippen LogP contribution is 2.39. The highest BCUT2D eigenvalue weighted by atomic mass is 79.9. The van der Waals surface area contributed by atoms with E-state index in [1.165, 1.54) is 18.2 Å². The minimum atomic E-state index is -4.36. The number of halogens is 4. The van der Waals surface area contributed by atoms with Crippen molar-refractivity contribution in [2.45, 2.75) is 32.1 Å². The molecule has 0 saturated carbocycles. The molecule has 0 radical (unpaired) electrons. The van der Waals surface area contributed by atoms with Gasteiger partial charge in [-0.3, -0.25) is 15.0 Å². The standard InChI is InChI=1S/C18H17BrF3N3O2/c1-10(11-2-4-12(5-3-11)18(20,21)22)24-7-6-13-14(9-24)15(19)8-16(17(13)23)25(26)27/h2-5,8,10H,6-7,9,23H2,1H3. The summed E-state index contributed by atoms with van der Waals surface area (Å²) in [6.45, 7) is 3.03. The molecule has 2 aromatic rings. The minimum Gasteiger partial charge on any atom is -0.393 e. The first-order valence-electron chi connectivity index (χ1n) is 8.25. The van der Waals surface area contributed by atoms with E-state index < -0.39 is 16.7 Å². The van der Waals surface area contributed by atoms with Crippen LogP contribution in [0.3, 0.4) is 0 Å². The molecule has 1 atom stereocenters. The summed E-state index contributed by atoms with van der Waals surface area (Å²) in [5.41, 5.74) is 7.77. The Kier molecular flexibility index (Phi) is 5.18. The van der Waals surface area contributed by atoms with Crippen molar-refractivity contribution in [2.24, 2.45) is 0 Å². The van der Waals surface area contributed by atoms with Crippen molar-refractivity contribution in [2.75, 3.05) is 12.3 Å². The molecule has 1 unspecified atom stereocenters. The molecular formula is C18H17BrF3N3O2. The number of alkyl halides is 3. The first-order valence-corrected chi connectivity index (χ1v) is 9.04. The number of nitrogen functional groups attached to an aromatic ring is 1. The van der Waals surface area contributed by atoms with E-state index in [2.05, 4.69) is 20.8 Å². The van der Waals surface area contributed by atoms with Crippen LogP contribution in [0.15, 0.2) is 34.8 Å². The monoisotopic (exact) mass is 443 g/mol. The van der Waals surface area contributed by atoms with Gasteiger partial charge in [0, 0.05) is 29.7 Å². The van der Waals surface area contributed by atoms with Crippen molar-refractivity contribution < 1.29 is 18.1 Å². The van der Waals surface area contributed by atoms with Crippen molar-refractivity contribution in [1.29, 1.82) is 0 Å². The molecule has 144 valence electrons. The van der Waals surface area contributed by atoms with Gasteiger partial charge in [-0.15, -0.1) is 0 Å². The van der Waals surface area contributed by atoms with Crippen LogP contribution in [0.1, 0.15) is 35.2 Å². The van der Waals surface area contributed by atoms with Gasteiger partial charge in [-0.1, -0.05) is 28.1 Å². The second kappa shape index (κ2) is 7.12. The molecule has 0 saturated heterocycles. The molecule has 0 aliphatic carbocycles. The van der Waals surface area contributed by atoms with Crippen molar-refractivity contribution >= 4 is 27.3 Å². The number of hydrogen-bond acceptors (Lipinski definition) is 4. The summed E-state index contributed by atoms with van der Waals surface area (Å²) in [6, 6.07) is 6.44. The van der Waals surface area contributed by atoms with E-state index in [4.69, 9.17) is 5.73 Å². The van der Waals surface area contributed by atoms with Crippen LogP contribution in [-0.2, 0) is 19.1 Å². The molecule has 0 fully saturated rings. The first-order chi connectivity index (χ1) is 12.6. The van der Waals surface area contributed by atoms with Gasteiger partial charge in [0.05, 0.1) is 10.5 Å². The third-order valence-corrected chi connectivity index (χ3v) is 5.70. The molecule has 2 N–H and O–H groups in total. The first kappa shape index (κ1) is 19.6. The van der Waals surface area contributed by atoms with Gasteiger partial charge in [-0.2, -0.15) is 13.2 Å². The van der Waals surface area contributed by atoms with Gasteiger partial charge < -0.3 is 5.73 Å². The van der Waals surface area contributed by atoms with E-state index in [-0.39, 0.29) is 17.4 Å². The van der Waals surface area contributed by atoms with Gasteiger partial charge in [0.2, 0.25) is 0 Å². The molecule has 3 rings (SSSR count). The molecule has 1 aliphatic heterocycles. The number of rotatable bonds is 3. The summed E-state index contributed by atoms with van der Waals surface area (Å²) in [4.78, 5) is 12.7. The Labute approximate surface area is 162 Å². The van der Waals surface area contributed by atoms with Gasteiger partial charge in [0.15, 0.2) is 0 Å². The number of anilines is 1. The average molecular weight is 444 g/mol. The molecule has 0 amide bonds. The van der Waals surface area contributed by atoms with E-state index in [1.807, 2.05) is 6.92 Å². The summed E-state index contributed by atoms with van der Waals surface area (Å²) in [6.07, 6.45) is -3.82. The summed E-state index contributed by atoms with van der Waals surface area (Å²) >= 11 is 3.39. The highest BCUT2D eigenvalue weighted by Gasteiger charge is 2.31. The summed E-state index contributed by atoms with van der Waals surface area (Å²) in [5.74, 6) is 0. The molecule has 1 heterocycles. The SMILES string of the molecule is CC(c1ccc(C(F)(F)F)cc1)N1CCc2c(N)c([N+](=O)[O-])cc(Br)c2C1. The van der Waals surface area contributed by atoms with Crippen LogP contribution in [0, 0.1) is 10.1 Å². The second-order valence-corrected chi connectivity index (χ2v) is 7.38. The van der Waals surface area contributed by atoms with E-state index in [0.717, 1.165) is 28.8 Å². The summed E-state index contributed by atoms with van der Waals surface area (Å²) in [7, 11) is 0. The average Bonchev–Trinajstić information content (AvgIpc) is 2.63. The summed E-state index contributed by atoms with van der Waals surface area (Å²) < 4.78 is 38.8. The van der Waals surface area contributed by atoms with Crippen LogP contribution >= 0.6 is 15.9 Å². The van der Waals surface area contributed by atoms with Gasteiger partial charge in [0.25, 0.3) is 5.69 Å². The third kappa shape index (κ3) is 3.79. The molecule has 27 heavy (non-hydrogen) atoms. The molecule has 0 bridgehead atoms. The Hall–Kier alpha value is -2.13. The molecule has 0 aromatic heterocycles. The van der Waals surface area contributed by atoms with Gasteiger partial charge in [-0.25, -0.2) is 0 Å². The Bertz CT molecular complexity index is 885. The fraction of sp³-hybridized carbons (Fsp3) is 0.333. The maximum absolute atomic E-state index is 12.7. The lowest BCUT2D eigenvalue weighted by molar-refractivity contribution is -0.384. The number of nitrogens with zero attached hydrogens (tertiary/aromatic N) is 2. The Morgan fingerprint density at radius 1 is 1.26 bits per heavy atom. The Balaban J connectivity index is 1.85. The normalized spacial score (nSPS) is 16.0. The number of benzene rings is 2. The zero-order valence-corrected chi connectivity index (χ0v) is 16.0. The maximum atomic E-state index is 12.7. The molecule has 2 aromatic carbocycles. The maximum Gasteiger partial charge on any atom is 0.416 e. The van der Waals surface area contributed by atoms with Gasteiger partial charge in [0.1, 0.15) is 5.69 Å². The van der Waals surface area contributed by atoms with E-state index >= 15 is 0 Å². The van der Waals surface area contributed by atoms with Crippen molar-refractivity contribution in [3.8, 4) is 0 Å². The van der Waals surface area contributed by atoms with Crippen LogP contribution in [-0.4, -0.2) is 16.4 Å². The molecule has 9 heteroatoms. The number of hydrogen-bond donors (Lipinski definition) is 1. The van der Waals surface area contributed by atoms with Crippen LogP contribution < -0.4 is 5.73 Å². The summed E-state index contributed by atoms with van der Waals surface area (Å²) in [5, 5.41) is 11.1. The Morgan fingerprint density at radius 2 is 1.89 bits per heavy atom. The van der Waals surface area contributed by atoms with Gasteiger partial charge >= 0.3 is 6.18 Å². The third-order valence-electron chi connectivity index (χ3n) is 4.99. The van der Waals surface area contributed by atoms with Crippen molar-refractivity contribution in [1.82, 2.24) is 4.90 Å². The lowest BCUT2D eigenvalue weighted by Crippen LogP contribution is -2.33. The van der Waals surface area contributed by atoms with E-state index in [1.54, 1.807) is 0 Å². The van der Waals surface area contributed by atoms with Crippen LogP contribution in [0.5, 0.6) is 0 Å². The molecule has 0 spiro atoms. The Morgan fingerprint density at radius 3 is 2.44 bits per heavy atom. The number of nitro benzene ring substituents is 1. The fourth-order valence-corrected chi connectivity index (χ4v) is 3.96. The minimum absolute atomic E-state index is 0.108. The van der Waals surface area contributed by atoms with Crippen LogP contribution in [0.4, 0.5) is 24.5 Å². The number of nitrogens with two attached hydrogens (primary N) is 1. The fourth-order valence-electron chi connectivity index (χ4n) is 3.38. The number of nitro groups is 1. The van der Waals surface area contributed by atoms with Crippen LogP contribution in [0.25, 0.3) is 0 Å². The van der Waals surface area contributed by atoms with Gasteiger partial charge in [-0.05, 0) is 42.2 Å². The topological polar surface area (TPSA) is 72.4 Å². The smallest absolute Gasteiger partial charge is 0.393 e. The second-order valence-electron chi connectivity index (χ2n) is 6.52. The predicted molar refractivity (Wildman–Crippen MR) is 99.2 cm³/mol. The molecule has 1 aliphatic rings. The highest BCUT2D eigenvalue weighted by molar-refractivity contribution is 9.10. The van der Waals surface area contributed by atoms with Crippen LogP contribution in [0.2, 0.25) is 0 Å². The lowest BCUT2D eigenvalue weighted by Gasteiger charge is -2.35. The molecular weight excluding hydrogens is 427 g/mol. The van der Waals surface area contributed by atoms with E-state index in [9.17, 15) is 23.3 Å². The predicted octanol–water partition coefficient (Wildman–Crippen LogP) is 5.08. The van der Waals surface area contributed by atoms with Crippen molar-refractivity contribution in [3.05, 3.63) is 67.2 Å². The largest absolute Gasteiger partial charge is 0.416 e. The van der Waals surface area contributed by atoms with Crippen molar-refractivity contribution in [3.63, 3.8) is 0 Å². The van der Waals surface area contributed by atoms with E-state index in [0.29, 0.717) is 24.0 Å².